The summed E-state index contributed by atoms with van der Waals surface area (Å²) in [4.78, 5) is 10.1. The highest BCUT2D eigenvalue weighted by Gasteiger charge is 2.16. The van der Waals surface area contributed by atoms with E-state index in [2.05, 4.69) is 9.97 Å². The van der Waals surface area contributed by atoms with Crippen molar-refractivity contribution in [1.29, 1.82) is 0 Å². The Hall–Kier alpha value is -2.74. The molecule has 2 heterocycles. The smallest absolute Gasteiger partial charge is 0.231 e. The summed E-state index contributed by atoms with van der Waals surface area (Å²) in [6, 6.07) is 6.95. The van der Waals surface area contributed by atoms with Gasteiger partial charge in [-0.15, -0.1) is 0 Å². The summed E-state index contributed by atoms with van der Waals surface area (Å²) in [6.07, 6.45) is 0.892. The third kappa shape index (κ3) is 3.77. The van der Waals surface area contributed by atoms with Gasteiger partial charge in [0.05, 0.1) is 7.11 Å². The SMILES string of the molecule is COc1ccnc(N(C)C[C@@H](O)COc2ccc3c(c2)OCO3)n1. The number of fused-ring (bicyclic) bond motifs is 1. The lowest BCUT2D eigenvalue weighted by Crippen LogP contribution is -2.34. The van der Waals surface area contributed by atoms with E-state index < -0.39 is 6.10 Å². The minimum atomic E-state index is -0.713. The van der Waals surface area contributed by atoms with Gasteiger partial charge >= 0.3 is 0 Å². The third-order valence-electron chi connectivity index (χ3n) is 3.44. The predicted octanol–water partition coefficient (Wildman–Crippen LogP) is 1.09. The first-order valence-corrected chi connectivity index (χ1v) is 7.44. The Morgan fingerprint density at radius 2 is 2.12 bits per heavy atom. The molecule has 0 saturated carbocycles. The normalized spacial score (nSPS) is 13.5. The van der Waals surface area contributed by atoms with Crippen LogP contribution in [0.1, 0.15) is 0 Å². The summed E-state index contributed by atoms with van der Waals surface area (Å²) in [5, 5.41) is 10.2. The zero-order valence-electron chi connectivity index (χ0n) is 13.5. The second kappa shape index (κ2) is 7.22. The van der Waals surface area contributed by atoms with Gasteiger partial charge in [-0.25, -0.2) is 4.98 Å². The second-order valence-electron chi connectivity index (χ2n) is 5.26. The number of methoxy groups -OCH3 is 1. The fourth-order valence-corrected chi connectivity index (χ4v) is 2.24. The molecule has 1 aliphatic heterocycles. The van der Waals surface area contributed by atoms with E-state index in [1.165, 1.54) is 0 Å². The average molecular weight is 333 g/mol. The summed E-state index contributed by atoms with van der Waals surface area (Å²) < 4.78 is 21.2. The Balaban J connectivity index is 1.52. The van der Waals surface area contributed by atoms with Crippen molar-refractivity contribution >= 4 is 5.95 Å². The standard InChI is InChI=1S/C16H19N3O5/c1-19(16-17-6-5-15(18-16)21-2)8-11(20)9-22-12-3-4-13-14(7-12)24-10-23-13/h3-7,11,20H,8-10H2,1-2H3/t11-/m1/s1. The number of nitrogens with zero attached hydrogens (tertiary/aromatic N) is 3. The lowest BCUT2D eigenvalue weighted by molar-refractivity contribution is 0.112. The summed E-state index contributed by atoms with van der Waals surface area (Å²) in [7, 11) is 3.33. The lowest BCUT2D eigenvalue weighted by Gasteiger charge is -2.21. The zero-order valence-corrected chi connectivity index (χ0v) is 13.5. The number of ether oxygens (including phenoxy) is 4. The van der Waals surface area contributed by atoms with Crippen molar-refractivity contribution in [3.8, 4) is 23.1 Å². The van der Waals surface area contributed by atoms with Crippen molar-refractivity contribution in [3.63, 3.8) is 0 Å². The predicted molar refractivity (Wildman–Crippen MR) is 85.9 cm³/mol. The van der Waals surface area contributed by atoms with E-state index in [9.17, 15) is 5.11 Å². The van der Waals surface area contributed by atoms with E-state index in [1.807, 2.05) is 0 Å². The van der Waals surface area contributed by atoms with Crippen LogP contribution in [0.4, 0.5) is 5.95 Å². The number of hydrogen-bond acceptors (Lipinski definition) is 8. The molecule has 0 unspecified atom stereocenters. The monoisotopic (exact) mass is 333 g/mol. The third-order valence-corrected chi connectivity index (χ3v) is 3.44. The molecule has 128 valence electrons. The van der Waals surface area contributed by atoms with E-state index >= 15 is 0 Å². The number of rotatable bonds is 7. The number of likely N-dealkylation sites (N-methyl/N-ethyl adjacent to an activating group) is 1. The van der Waals surface area contributed by atoms with Crippen molar-refractivity contribution in [3.05, 3.63) is 30.5 Å². The molecule has 0 saturated heterocycles. The van der Waals surface area contributed by atoms with Gasteiger partial charge in [0.2, 0.25) is 18.6 Å². The van der Waals surface area contributed by atoms with Crippen LogP contribution < -0.4 is 23.8 Å². The molecular weight excluding hydrogens is 314 g/mol. The molecule has 0 radical (unpaired) electrons. The number of benzene rings is 1. The maximum Gasteiger partial charge on any atom is 0.231 e. The molecule has 1 atom stereocenters. The van der Waals surface area contributed by atoms with Crippen molar-refractivity contribution in [2.45, 2.75) is 6.10 Å². The van der Waals surface area contributed by atoms with Gasteiger partial charge in [-0.1, -0.05) is 0 Å². The van der Waals surface area contributed by atoms with Crippen LogP contribution in [0.3, 0.4) is 0 Å². The Morgan fingerprint density at radius 3 is 2.96 bits per heavy atom. The number of aromatic nitrogens is 2. The molecule has 24 heavy (non-hydrogen) atoms. The van der Waals surface area contributed by atoms with Gasteiger partial charge in [0, 0.05) is 31.9 Å². The van der Waals surface area contributed by atoms with Crippen LogP contribution in [-0.4, -0.2) is 55.3 Å². The molecule has 0 aliphatic carbocycles. The van der Waals surface area contributed by atoms with Gasteiger partial charge < -0.3 is 29.0 Å². The Bertz CT molecular complexity index is 697. The number of aliphatic hydroxyl groups is 1. The van der Waals surface area contributed by atoms with Crippen molar-refractivity contribution in [1.82, 2.24) is 9.97 Å². The molecule has 1 aromatic carbocycles. The van der Waals surface area contributed by atoms with Crippen molar-refractivity contribution < 1.29 is 24.1 Å². The first-order valence-electron chi connectivity index (χ1n) is 7.44. The first-order chi connectivity index (χ1) is 11.7. The molecule has 0 fully saturated rings. The summed E-state index contributed by atoms with van der Waals surface area (Å²) in [6.45, 7) is 0.665. The lowest BCUT2D eigenvalue weighted by atomic mass is 10.3. The van der Waals surface area contributed by atoms with E-state index in [1.54, 1.807) is 49.5 Å². The topological polar surface area (TPSA) is 86.2 Å². The highest BCUT2D eigenvalue weighted by molar-refractivity contribution is 5.46. The van der Waals surface area contributed by atoms with Crippen LogP contribution in [0.5, 0.6) is 23.1 Å². The van der Waals surface area contributed by atoms with Gasteiger partial charge in [-0.05, 0) is 12.1 Å². The molecule has 1 aromatic heterocycles. The zero-order chi connectivity index (χ0) is 16.9. The summed E-state index contributed by atoms with van der Waals surface area (Å²) in [5.74, 6) is 2.88. The highest BCUT2D eigenvalue weighted by atomic mass is 16.7. The largest absolute Gasteiger partial charge is 0.491 e. The van der Waals surface area contributed by atoms with E-state index in [0.717, 1.165) is 0 Å². The van der Waals surface area contributed by atoms with Crippen LogP contribution in [0.15, 0.2) is 30.5 Å². The Morgan fingerprint density at radius 1 is 1.29 bits per heavy atom. The average Bonchev–Trinajstić information content (AvgIpc) is 3.07. The summed E-state index contributed by atoms with van der Waals surface area (Å²) in [5.41, 5.74) is 0. The molecule has 1 N–H and O–H groups in total. The molecule has 8 nitrogen and oxygen atoms in total. The van der Waals surface area contributed by atoms with Gasteiger partial charge in [-0.3, -0.25) is 0 Å². The molecule has 0 amide bonds. The summed E-state index contributed by atoms with van der Waals surface area (Å²) >= 11 is 0. The fraction of sp³-hybridized carbons (Fsp3) is 0.375. The van der Waals surface area contributed by atoms with Crippen LogP contribution in [0.2, 0.25) is 0 Å². The van der Waals surface area contributed by atoms with Gasteiger partial charge in [0.25, 0.3) is 0 Å². The van der Waals surface area contributed by atoms with E-state index in [-0.39, 0.29) is 13.4 Å². The number of anilines is 1. The molecule has 0 spiro atoms. The molecule has 1 aliphatic rings. The highest BCUT2D eigenvalue weighted by Crippen LogP contribution is 2.35. The molecule has 0 bridgehead atoms. The first kappa shape index (κ1) is 16.1. The Labute approximate surface area is 139 Å². The quantitative estimate of drug-likeness (QED) is 0.806. The second-order valence-corrected chi connectivity index (χ2v) is 5.26. The number of hydrogen-bond donors (Lipinski definition) is 1. The van der Waals surface area contributed by atoms with Crippen LogP contribution in [0.25, 0.3) is 0 Å². The maximum atomic E-state index is 10.2. The van der Waals surface area contributed by atoms with Gasteiger partial charge in [0.15, 0.2) is 11.5 Å². The van der Waals surface area contributed by atoms with Gasteiger partial charge in [0.1, 0.15) is 18.5 Å². The van der Waals surface area contributed by atoms with Gasteiger partial charge in [-0.2, -0.15) is 4.98 Å². The minimum absolute atomic E-state index is 0.133. The minimum Gasteiger partial charge on any atom is -0.491 e. The van der Waals surface area contributed by atoms with Crippen LogP contribution in [0, 0.1) is 0 Å². The van der Waals surface area contributed by atoms with E-state index in [0.29, 0.717) is 35.6 Å². The van der Waals surface area contributed by atoms with Crippen molar-refractivity contribution in [2.24, 2.45) is 0 Å². The van der Waals surface area contributed by atoms with Crippen LogP contribution in [-0.2, 0) is 0 Å². The maximum absolute atomic E-state index is 10.2. The molecule has 3 rings (SSSR count). The number of aliphatic hydroxyl groups excluding tert-OH is 1. The van der Waals surface area contributed by atoms with E-state index in [4.69, 9.17) is 18.9 Å². The van der Waals surface area contributed by atoms with Crippen molar-refractivity contribution in [2.75, 3.05) is 39.0 Å². The van der Waals surface area contributed by atoms with Crippen LogP contribution >= 0.6 is 0 Å². The molecule has 8 heteroatoms. The molecular formula is C16H19N3O5. The fourth-order valence-electron chi connectivity index (χ4n) is 2.24. The Kier molecular flexibility index (Phi) is 4.85. The molecule has 2 aromatic rings.